The van der Waals surface area contributed by atoms with Crippen molar-refractivity contribution in [1.82, 2.24) is 25.1 Å². The predicted octanol–water partition coefficient (Wildman–Crippen LogP) is 6.51. The summed E-state index contributed by atoms with van der Waals surface area (Å²) in [6.45, 7) is 3.04. The molecule has 6 rings (SSSR count). The molecule has 0 radical (unpaired) electrons. The number of anilines is 2. The lowest BCUT2D eigenvalue weighted by molar-refractivity contribution is -0.114. The molecule has 0 unspecified atom stereocenters. The van der Waals surface area contributed by atoms with Crippen molar-refractivity contribution in [2.75, 3.05) is 37.8 Å². The quantitative estimate of drug-likeness (QED) is 0.174. The minimum atomic E-state index is -0.287. The highest BCUT2D eigenvalue weighted by molar-refractivity contribution is 6.02. The fourth-order valence-corrected chi connectivity index (χ4v) is 5.07. The average molecular weight is 548 g/mol. The number of carbonyl (C=O) groups is 1. The number of likely N-dealkylation sites (N-methyl/N-ethyl adjacent to an activating group) is 1. The molecule has 0 saturated carbocycles. The molecule has 0 aliphatic carbocycles. The summed E-state index contributed by atoms with van der Waals surface area (Å²) in [4.78, 5) is 21.4. The standard InChI is InChI=1S/C32H30FN7O/c1-19(41)36-25-13-22(17-34-18-25)20-7-8-30-28(14-20)32(39-38-30)31-16-27-26(5-4-6-29(27)37-31)21-11-23(33)15-24(12-21)35-9-10-40(2)3/h4-8,11-18,35,37H,9-10H2,1-3H3,(H,36,41)(H,38,39). The number of aromatic amines is 2. The van der Waals surface area contributed by atoms with Crippen LogP contribution in [0.2, 0.25) is 0 Å². The van der Waals surface area contributed by atoms with Gasteiger partial charge in [0.25, 0.3) is 0 Å². The number of nitrogens with one attached hydrogen (secondary N) is 4. The van der Waals surface area contributed by atoms with Crippen molar-refractivity contribution in [3.8, 4) is 33.6 Å². The van der Waals surface area contributed by atoms with Crippen LogP contribution in [-0.4, -0.2) is 58.2 Å². The van der Waals surface area contributed by atoms with E-state index in [0.717, 1.165) is 74.2 Å². The Morgan fingerprint density at radius 1 is 0.902 bits per heavy atom. The summed E-state index contributed by atoms with van der Waals surface area (Å²) in [6, 6.07) is 21.1. The van der Waals surface area contributed by atoms with Gasteiger partial charge in [0.05, 0.1) is 23.1 Å². The first kappa shape index (κ1) is 26.2. The minimum Gasteiger partial charge on any atom is -0.384 e. The van der Waals surface area contributed by atoms with Crippen LogP contribution in [0, 0.1) is 5.82 Å². The van der Waals surface area contributed by atoms with Crippen LogP contribution in [0.15, 0.2) is 79.1 Å². The molecular formula is C32H30FN7O. The minimum absolute atomic E-state index is 0.148. The van der Waals surface area contributed by atoms with Crippen LogP contribution in [0.5, 0.6) is 0 Å². The largest absolute Gasteiger partial charge is 0.384 e. The van der Waals surface area contributed by atoms with Crippen molar-refractivity contribution >= 4 is 39.1 Å². The first-order chi connectivity index (χ1) is 19.8. The number of fused-ring (bicyclic) bond motifs is 2. The summed E-state index contributed by atoms with van der Waals surface area (Å²) in [5.41, 5.74) is 8.40. The summed E-state index contributed by atoms with van der Waals surface area (Å²) < 4.78 is 14.7. The van der Waals surface area contributed by atoms with E-state index < -0.39 is 0 Å². The fraction of sp³-hybridized carbons (Fsp3) is 0.156. The molecule has 0 saturated heterocycles. The molecule has 0 fully saturated rings. The van der Waals surface area contributed by atoms with E-state index in [4.69, 9.17) is 0 Å². The zero-order valence-corrected chi connectivity index (χ0v) is 23.0. The average Bonchev–Trinajstić information content (AvgIpc) is 3.56. The number of carbonyl (C=O) groups excluding carboxylic acids is 1. The lowest BCUT2D eigenvalue weighted by Crippen LogP contribution is -2.20. The zero-order chi connectivity index (χ0) is 28.5. The molecule has 8 nitrogen and oxygen atoms in total. The number of nitrogens with zero attached hydrogens (tertiary/aromatic N) is 3. The van der Waals surface area contributed by atoms with Crippen molar-refractivity contribution < 1.29 is 9.18 Å². The van der Waals surface area contributed by atoms with E-state index in [1.807, 2.05) is 56.6 Å². The first-order valence-corrected chi connectivity index (χ1v) is 13.4. The lowest BCUT2D eigenvalue weighted by atomic mass is 10.0. The molecule has 4 N–H and O–H groups in total. The number of benzene rings is 3. The molecule has 0 bridgehead atoms. The van der Waals surface area contributed by atoms with Gasteiger partial charge in [-0.15, -0.1) is 0 Å². The monoisotopic (exact) mass is 547 g/mol. The normalized spacial score (nSPS) is 11.4. The first-order valence-electron chi connectivity index (χ1n) is 13.4. The highest BCUT2D eigenvalue weighted by atomic mass is 19.1. The number of pyridine rings is 1. The van der Waals surface area contributed by atoms with Gasteiger partial charge in [0.2, 0.25) is 5.91 Å². The molecule has 1 amide bonds. The molecule has 9 heteroatoms. The molecule has 41 heavy (non-hydrogen) atoms. The summed E-state index contributed by atoms with van der Waals surface area (Å²) in [6.07, 6.45) is 3.39. The van der Waals surface area contributed by atoms with Crippen LogP contribution in [0.3, 0.4) is 0 Å². The topological polar surface area (TPSA) is 102 Å². The molecule has 0 atom stereocenters. The van der Waals surface area contributed by atoms with Gasteiger partial charge < -0.3 is 20.5 Å². The van der Waals surface area contributed by atoms with Gasteiger partial charge in [-0.1, -0.05) is 18.2 Å². The highest BCUT2D eigenvalue weighted by Gasteiger charge is 2.15. The van der Waals surface area contributed by atoms with Crippen LogP contribution >= 0.6 is 0 Å². The number of H-pyrrole nitrogens is 2. The van der Waals surface area contributed by atoms with Gasteiger partial charge in [-0.05, 0) is 79.3 Å². The second-order valence-corrected chi connectivity index (χ2v) is 10.4. The number of halogens is 1. The third-order valence-electron chi connectivity index (χ3n) is 6.97. The molecule has 0 aliphatic heterocycles. The Bertz CT molecular complexity index is 1890. The van der Waals surface area contributed by atoms with Crippen molar-refractivity contribution in [1.29, 1.82) is 0 Å². The Kier molecular flexibility index (Phi) is 6.94. The van der Waals surface area contributed by atoms with Gasteiger partial charge in [-0.2, -0.15) is 5.10 Å². The Balaban J connectivity index is 1.38. The van der Waals surface area contributed by atoms with Gasteiger partial charge in [0.15, 0.2) is 0 Å². The van der Waals surface area contributed by atoms with Crippen molar-refractivity contribution in [2.45, 2.75) is 6.92 Å². The van der Waals surface area contributed by atoms with Crippen molar-refractivity contribution in [2.24, 2.45) is 0 Å². The number of amides is 1. The van der Waals surface area contributed by atoms with Crippen LogP contribution in [0.4, 0.5) is 15.8 Å². The van der Waals surface area contributed by atoms with E-state index in [9.17, 15) is 9.18 Å². The Hall–Kier alpha value is -5.02. The summed E-state index contributed by atoms with van der Waals surface area (Å²) in [5.74, 6) is -0.435. The van der Waals surface area contributed by atoms with E-state index in [1.165, 1.54) is 13.0 Å². The SMILES string of the molecule is CC(=O)Nc1cncc(-c2ccc3[nH]nc(-c4cc5c(-c6cc(F)cc(NCCN(C)C)c6)cccc5[nH]4)c3c2)c1. The number of rotatable bonds is 8. The van der Waals surface area contributed by atoms with Gasteiger partial charge in [0.1, 0.15) is 11.5 Å². The highest BCUT2D eigenvalue weighted by Crippen LogP contribution is 2.36. The zero-order valence-electron chi connectivity index (χ0n) is 23.0. The molecule has 3 heterocycles. The Morgan fingerprint density at radius 2 is 1.76 bits per heavy atom. The second kappa shape index (κ2) is 10.9. The lowest BCUT2D eigenvalue weighted by Gasteiger charge is -2.13. The number of aromatic nitrogens is 4. The van der Waals surface area contributed by atoms with Crippen molar-refractivity contribution in [3.05, 3.63) is 84.9 Å². The van der Waals surface area contributed by atoms with Gasteiger partial charge >= 0.3 is 0 Å². The maximum atomic E-state index is 14.7. The van der Waals surface area contributed by atoms with Crippen LogP contribution in [0.1, 0.15) is 6.92 Å². The van der Waals surface area contributed by atoms with E-state index >= 15 is 0 Å². The number of hydrogen-bond acceptors (Lipinski definition) is 5. The van der Waals surface area contributed by atoms with Gasteiger partial charge in [-0.3, -0.25) is 14.9 Å². The Morgan fingerprint density at radius 3 is 2.59 bits per heavy atom. The van der Waals surface area contributed by atoms with Crippen LogP contribution in [0.25, 0.3) is 55.4 Å². The molecule has 206 valence electrons. The molecular weight excluding hydrogens is 517 g/mol. The van der Waals surface area contributed by atoms with Gasteiger partial charge in [-0.25, -0.2) is 4.39 Å². The Labute approximate surface area is 236 Å². The molecule has 0 aliphatic rings. The van der Waals surface area contributed by atoms with E-state index in [2.05, 4.69) is 47.8 Å². The van der Waals surface area contributed by atoms with Crippen LogP contribution < -0.4 is 10.6 Å². The van der Waals surface area contributed by atoms with E-state index in [0.29, 0.717) is 5.69 Å². The molecule has 3 aromatic carbocycles. The van der Waals surface area contributed by atoms with E-state index in [-0.39, 0.29) is 11.7 Å². The van der Waals surface area contributed by atoms with Crippen LogP contribution in [-0.2, 0) is 4.79 Å². The molecule has 0 spiro atoms. The molecule has 3 aromatic heterocycles. The third-order valence-corrected chi connectivity index (χ3v) is 6.97. The maximum absolute atomic E-state index is 14.7. The van der Waals surface area contributed by atoms with E-state index in [1.54, 1.807) is 18.5 Å². The predicted molar refractivity (Wildman–Crippen MR) is 163 cm³/mol. The summed E-state index contributed by atoms with van der Waals surface area (Å²) in [5, 5.41) is 15.8. The van der Waals surface area contributed by atoms with Gasteiger partial charge in [0, 0.05) is 53.8 Å². The summed E-state index contributed by atoms with van der Waals surface area (Å²) >= 11 is 0. The fourth-order valence-electron chi connectivity index (χ4n) is 5.07. The maximum Gasteiger partial charge on any atom is 0.221 e. The number of hydrogen-bond donors (Lipinski definition) is 4. The molecule has 6 aromatic rings. The van der Waals surface area contributed by atoms with Crippen molar-refractivity contribution in [3.63, 3.8) is 0 Å². The summed E-state index contributed by atoms with van der Waals surface area (Å²) in [7, 11) is 4.02. The third kappa shape index (κ3) is 5.53. The smallest absolute Gasteiger partial charge is 0.221 e. The second-order valence-electron chi connectivity index (χ2n) is 10.4.